The largest absolute Gasteiger partial charge is 0.480 e. The molecule has 0 bridgehead atoms. The van der Waals surface area contributed by atoms with Crippen LogP contribution < -0.4 is 11.5 Å². The lowest BCUT2D eigenvalue weighted by Gasteiger charge is -2.08. The van der Waals surface area contributed by atoms with E-state index in [0.717, 1.165) is 0 Å². The second kappa shape index (κ2) is 8.06. The third-order valence-corrected chi connectivity index (χ3v) is 1.14. The molecule has 2 atom stereocenters. The first-order valence-corrected chi connectivity index (χ1v) is 2.92. The standard InChI is InChI=1S/C5H10N2O4.2ClH/c6-2(4(8)9)1-3(7)5(10)11;;/h2-3H,1,6-7H2,(H,8,9)(H,10,11);2*1H. The molecule has 0 heterocycles. The summed E-state index contributed by atoms with van der Waals surface area (Å²) in [5.41, 5.74) is 10.0. The van der Waals surface area contributed by atoms with Gasteiger partial charge in [-0.05, 0) is 6.42 Å². The quantitative estimate of drug-likeness (QED) is 0.497. The second-order valence-corrected chi connectivity index (χ2v) is 2.13. The van der Waals surface area contributed by atoms with Gasteiger partial charge in [-0.3, -0.25) is 9.59 Å². The van der Waals surface area contributed by atoms with E-state index in [1.54, 1.807) is 0 Å². The van der Waals surface area contributed by atoms with Crippen molar-refractivity contribution in [1.29, 1.82) is 0 Å². The normalized spacial score (nSPS) is 13.1. The fourth-order valence-corrected chi connectivity index (χ4v) is 0.475. The van der Waals surface area contributed by atoms with E-state index in [2.05, 4.69) is 0 Å². The molecule has 13 heavy (non-hydrogen) atoms. The van der Waals surface area contributed by atoms with Gasteiger partial charge in [0.2, 0.25) is 0 Å². The molecule has 0 aliphatic heterocycles. The summed E-state index contributed by atoms with van der Waals surface area (Å²) >= 11 is 0. The van der Waals surface area contributed by atoms with E-state index < -0.39 is 24.0 Å². The molecule has 6 nitrogen and oxygen atoms in total. The molecule has 0 saturated heterocycles. The monoisotopic (exact) mass is 234 g/mol. The van der Waals surface area contributed by atoms with Crippen LogP contribution in [0.3, 0.4) is 0 Å². The van der Waals surface area contributed by atoms with Crippen molar-refractivity contribution >= 4 is 36.8 Å². The van der Waals surface area contributed by atoms with E-state index >= 15 is 0 Å². The minimum absolute atomic E-state index is 0. The van der Waals surface area contributed by atoms with Gasteiger partial charge in [0.1, 0.15) is 12.1 Å². The van der Waals surface area contributed by atoms with Crippen molar-refractivity contribution in [1.82, 2.24) is 0 Å². The molecule has 0 aromatic heterocycles. The van der Waals surface area contributed by atoms with Gasteiger partial charge < -0.3 is 21.7 Å². The Morgan fingerprint density at radius 2 is 1.23 bits per heavy atom. The molecule has 2 unspecified atom stereocenters. The van der Waals surface area contributed by atoms with Gasteiger partial charge in [-0.1, -0.05) is 0 Å². The molecule has 0 aromatic rings. The fourth-order valence-electron chi connectivity index (χ4n) is 0.475. The number of aliphatic carboxylic acids is 2. The van der Waals surface area contributed by atoms with Crippen LogP contribution >= 0.6 is 24.8 Å². The maximum Gasteiger partial charge on any atom is 0.320 e. The van der Waals surface area contributed by atoms with Gasteiger partial charge in [0.15, 0.2) is 0 Å². The molecule has 0 rings (SSSR count). The first-order chi connectivity index (χ1) is 4.95. The Kier molecular flexibility index (Phi) is 11.3. The summed E-state index contributed by atoms with van der Waals surface area (Å²) in [5.74, 6) is -2.50. The molecule has 0 radical (unpaired) electrons. The van der Waals surface area contributed by atoms with E-state index in [1.165, 1.54) is 0 Å². The minimum atomic E-state index is -1.25. The Morgan fingerprint density at radius 3 is 1.38 bits per heavy atom. The van der Waals surface area contributed by atoms with Gasteiger partial charge in [0, 0.05) is 0 Å². The number of hydrogen-bond donors (Lipinski definition) is 4. The molecule has 0 fully saturated rings. The highest BCUT2D eigenvalue weighted by molar-refractivity contribution is 5.85. The predicted molar refractivity (Wildman–Crippen MR) is 50.3 cm³/mol. The van der Waals surface area contributed by atoms with Gasteiger partial charge in [-0.15, -0.1) is 24.8 Å². The lowest BCUT2D eigenvalue weighted by Crippen LogP contribution is -2.41. The number of rotatable bonds is 4. The van der Waals surface area contributed by atoms with Gasteiger partial charge in [-0.2, -0.15) is 0 Å². The molecule has 0 amide bonds. The van der Waals surface area contributed by atoms with Crippen molar-refractivity contribution < 1.29 is 19.8 Å². The maximum absolute atomic E-state index is 10.1. The lowest BCUT2D eigenvalue weighted by molar-refractivity contribution is -0.140. The van der Waals surface area contributed by atoms with Crippen LogP contribution in [0.2, 0.25) is 0 Å². The van der Waals surface area contributed by atoms with Crippen LogP contribution in [-0.2, 0) is 9.59 Å². The number of hydrogen-bond acceptors (Lipinski definition) is 4. The van der Waals surface area contributed by atoms with Crippen LogP contribution in [0.5, 0.6) is 0 Å². The van der Waals surface area contributed by atoms with Gasteiger partial charge >= 0.3 is 11.9 Å². The summed E-state index contributed by atoms with van der Waals surface area (Å²) in [6.07, 6.45) is -0.259. The van der Waals surface area contributed by atoms with Crippen molar-refractivity contribution in [2.24, 2.45) is 11.5 Å². The summed E-state index contributed by atoms with van der Waals surface area (Å²) in [5, 5.41) is 16.5. The van der Waals surface area contributed by atoms with Gasteiger partial charge in [-0.25, -0.2) is 0 Å². The van der Waals surface area contributed by atoms with E-state index in [4.69, 9.17) is 21.7 Å². The van der Waals surface area contributed by atoms with Crippen LogP contribution in [0.15, 0.2) is 0 Å². The molecular weight excluding hydrogens is 223 g/mol. The highest BCUT2D eigenvalue weighted by Crippen LogP contribution is 1.93. The van der Waals surface area contributed by atoms with Crippen molar-refractivity contribution in [3.63, 3.8) is 0 Å². The zero-order valence-electron chi connectivity index (χ0n) is 6.54. The van der Waals surface area contributed by atoms with Crippen LogP contribution in [-0.4, -0.2) is 34.2 Å². The molecule has 80 valence electrons. The number of carboxylic acid groups (broad SMARTS) is 2. The highest BCUT2D eigenvalue weighted by atomic mass is 35.5. The SMILES string of the molecule is Cl.Cl.NC(CC(N)C(=O)O)C(=O)O. The van der Waals surface area contributed by atoms with Gasteiger partial charge in [0.25, 0.3) is 0 Å². The van der Waals surface area contributed by atoms with E-state index in [9.17, 15) is 9.59 Å². The molecule has 0 aromatic carbocycles. The van der Waals surface area contributed by atoms with Crippen molar-refractivity contribution in [3.05, 3.63) is 0 Å². The van der Waals surface area contributed by atoms with Gasteiger partial charge in [0.05, 0.1) is 0 Å². The Balaban J connectivity index is -0.000000500. The first kappa shape index (κ1) is 18.3. The topological polar surface area (TPSA) is 127 Å². The fraction of sp³-hybridized carbons (Fsp3) is 0.600. The summed E-state index contributed by atoms with van der Waals surface area (Å²) in [4.78, 5) is 20.2. The average molecular weight is 235 g/mol. The molecule has 0 spiro atoms. The van der Waals surface area contributed by atoms with Crippen molar-refractivity contribution in [2.45, 2.75) is 18.5 Å². The lowest BCUT2D eigenvalue weighted by atomic mass is 10.1. The van der Waals surface area contributed by atoms with Crippen LogP contribution in [0.4, 0.5) is 0 Å². The molecular formula is C5H12Cl2N2O4. The third kappa shape index (κ3) is 7.79. The highest BCUT2D eigenvalue weighted by Gasteiger charge is 2.20. The zero-order chi connectivity index (χ0) is 9.02. The molecule has 0 aliphatic rings. The van der Waals surface area contributed by atoms with Crippen LogP contribution in [0.1, 0.15) is 6.42 Å². The number of nitrogens with two attached hydrogens (primary N) is 2. The van der Waals surface area contributed by atoms with Crippen molar-refractivity contribution in [3.8, 4) is 0 Å². The minimum Gasteiger partial charge on any atom is -0.480 e. The van der Waals surface area contributed by atoms with Crippen molar-refractivity contribution in [2.75, 3.05) is 0 Å². The average Bonchev–Trinajstić information content (AvgIpc) is 1.87. The van der Waals surface area contributed by atoms with E-state index in [0.29, 0.717) is 0 Å². The Labute approximate surface area is 87.1 Å². The van der Waals surface area contributed by atoms with Crippen LogP contribution in [0.25, 0.3) is 0 Å². The summed E-state index contributed by atoms with van der Waals surface area (Å²) in [6, 6.07) is -2.41. The molecule has 8 heteroatoms. The maximum atomic E-state index is 10.1. The zero-order valence-corrected chi connectivity index (χ0v) is 8.18. The number of carbonyl (C=O) groups is 2. The first-order valence-electron chi connectivity index (χ1n) is 2.92. The third-order valence-electron chi connectivity index (χ3n) is 1.14. The molecule has 6 N–H and O–H groups in total. The summed E-state index contributed by atoms with van der Waals surface area (Å²) < 4.78 is 0. The van der Waals surface area contributed by atoms with E-state index in [1.807, 2.05) is 0 Å². The summed E-state index contributed by atoms with van der Waals surface area (Å²) in [6.45, 7) is 0. The Bertz CT molecular complexity index is 160. The predicted octanol–water partition coefficient (Wildman–Crippen LogP) is -0.956. The molecule has 0 aliphatic carbocycles. The van der Waals surface area contributed by atoms with Crippen LogP contribution in [0, 0.1) is 0 Å². The number of carboxylic acids is 2. The second-order valence-electron chi connectivity index (χ2n) is 2.13. The number of halogens is 2. The smallest absolute Gasteiger partial charge is 0.320 e. The van der Waals surface area contributed by atoms with E-state index in [-0.39, 0.29) is 31.2 Å². The summed E-state index contributed by atoms with van der Waals surface area (Å²) in [7, 11) is 0. The molecule has 0 saturated carbocycles. The Hall–Kier alpha value is -0.560. The Morgan fingerprint density at radius 1 is 1.00 bits per heavy atom.